The van der Waals surface area contributed by atoms with E-state index in [-0.39, 0.29) is 11.6 Å². The predicted octanol–water partition coefficient (Wildman–Crippen LogP) is 7.14. The van der Waals surface area contributed by atoms with Gasteiger partial charge < -0.3 is 9.14 Å². The zero-order valence-corrected chi connectivity index (χ0v) is 21.2. The topological polar surface area (TPSA) is 60.7 Å². The third-order valence-electron chi connectivity index (χ3n) is 6.85. The molecule has 0 amide bonds. The second-order valence-electron chi connectivity index (χ2n) is 9.12. The van der Waals surface area contributed by atoms with Crippen molar-refractivity contribution in [3.63, 3.8) is 0 Å². The molecule has 0 bridgehead atoms. The maximum Gasteiger partial charge on any atom is 0.210 e. The summed E-state index contributed by atoms with van der Waals surface area (Å²) in [5, 5.41) is 0. The van der Waals surface area contributed by atoms with Crippen LogP contribution in [0.15, 0.2) is 128 Å². The fraction of sp³-hybridized carbons (Fsp3) is 0.0294. The number of pyridine rings is 2. The Kier molecular flexibility index (Phi) is 6.31. The van der Waals surface area contributed by atoms with Crippen LogP contribution in [0.2, 0.25) is 0 Å². The average molecular weight is 509 g/mol. The third kappa shape index (κ3) is 4.40. The number of ether oxygens (including phenoxy) is 1. The molecular weight excluding hydrogens is 484 g/mol. The van der Waals surface area contributed by atoms with Crippen LogP contribution < -0.4 is 4.74 Å². The van der Waals surface area contributed by atoms with Crippen LogP contribution in [0.25, 0.3) is 27.8 Å². The fourth-order valence-corrected chi connectivity index (χ4v) is 4.93. The molecule has 3 aromatic carbocycles. The average Bonchev–Trinajstić information content (AvgIpc) is 3.36. The van der Waals surface area contributed by atoms with E-state index in [0.29, 0.717) is 39.2 Å². The summed E-state index contributed by atoms with van der Waals surface area (Å²) in [7, 11) is 1.59. The summed E-state index contributed by atoms with van der Waals surface area (Å²) >= 11 is 0. The number of nitrogens with zero attached hydrogens (tertiary/aromatic N) is 2. The minimum absolute atomic E-state index is 0.146. The number of carbonyl (C=O) groups is 2. The summed E-state index contributed by atoms with van der Waals surface area (Å²) in [5.41, 5.74) is 5.93. The molecule has 0 atom stereocenters. The molecule has 0 unspecified atom stereocenters. The van der Waals surface area contributed by atoms with Gasteiger partial charge in [0.1, 0.15) is 11.4 Å². The van der Waals surface area contributed by atoms with Crippen molar-refractivity contribution in [1.82, 2.24) is 9.38 Å². The molecule has 0 spiro atoms. The van der Waals surface area contributed by atoms with Gasteiger partial charge in [0.05, 0.1) is 18.2 Å². The highest BCUT2D eigenvalue weighted by molar-refractivity contribution is 6.23. The van der Waals surface area contributed by atoms with Crippen molar-refractivity contribution in [2.45, 2.75) is 0 Å². The lowest BCUT2D eigenvalue weighted by molar-refractivity contribution is 0.103. The van der Waals surface area contributed by atoms with E-state index in [1.807, 2.05) is 83.4 Å². The molecule has 3 heterocycles. The molecule has 5 heteroatoms. The van der Waals surface area contributed by atoms with E-state index >= 15 is 0 Å². The molecule has 5 nitrogen and oxygen atoms in total. The number of aromatic nitrogens is 2. The summed E-state index contributed by atoms with van der Waals surface area (Å²) < 4.78 is 7.14. The monoisotopic (exact) mass is 508 g/mol. The number of methoxy groups -OCH3 is 1. The van der Waals surface area contributed by atoms with Crippen LogP contribution in [-0.4, -0.2) is 28.1 Å². The number of carbonyl (C=O) groups excluding carboxylic acids is 2. The molecule has 6 rings (SSSR count). The lowest BCUT2D eigenvalue weighted by Gasteiger charge is -2.09. The van der Waals surface area contributed by atoms with E-state index in [9.17, 15) is 9.59 Å². The number of ketones is 2. The lowest BCUT2D eigenvalue weighted by atomic mass is 9.92. The van der Waals surface area contributed by atoms with E-state index in [1.165, 1.54) is 0 Å². The number of fused-ring (bicyclic) bond motifs is 1. The molecule has 0 aliphatic rings. The first-order valence-corrected chi connectivity index (χ1v) is 12.6. The molecule has 0 aliphatic carbocycles. The standard InChI is InChI=1S/C34H24N2O3/c1-39-28-14-12-26(13-15-28)34(38)32-30(24-8-4-2-5-9-24)31(33(37)25-10-6-3-7-11-25)29-22-27(18-21-36(29)32)23-16-19-35-20-17-23/h2-22H,1H3. The SMILES string of the molecule is COc1ccc(C(=O)c2c(-c3ccccc3)c(C(=O)c3ccccc3)c3cc(-c4ccncc4)ccn23)cc1. The quantitative estimate of drug-likeness (QED) is 0.215. The van der Waals surface area contributed by atoms with E-state index in [4.69, 9.17) is 4.74 Å². The van der Waals surface area contributed by atoms with Crippen LogP contribution in [0.5, 0.6) is 5.75 Å². The molecule has 0 N–H and O–H groups in total. The first-order valence-electron chi connectivity index (χ1n) is 12.6. The van der Waals surface area contributed by atoms with E-state index in [0.717, 1.165) is 16.7 Å². The summed E-state index contributed by atoms with van der Waals surface area (Å²) in [5.74, 6) is 0.333. The van der Waals surface area contributed by atoms with Gasteiger partial charge in [-0.25, -0.2) is 0 Å². The van der Waals surface area contributed by atoms with Crippen molar-refractivity contribution in [2.24, 2.45) is 0 Å². The van der Waals surface area contributed by atoms with Crippen molar-refractivity contribution in [3.8, 4) is 28.0 Å². The third-order valence-corrected chi connectivity index (χ3v) is 6.85. The first kappa shape index (κ1) is 24.1. The van der Waals surface area contributed by atoms with Crippen LogP contribution in [-0.2, 0) is 0 Å². The molecule has 0 saturated heterocycles. The maximum atomic E-state index is 14.2. The highest BCUT2D eigenvalue weighted by atomic mass is 16.5. The van der Waals surface area contributed by atoms with Gasteiger partial charge in [0, 0.05) is 35.3 Å². The van der Waals surface area contributed by atoms with Gasteiger partial charge in [-0.2, -0.15) is 0 Å². The van der Waals surface area contributed by atoms with E-state index in [1.54, 1.807) is 55.9 Å². The van der Waals surface area contributed by atoms with Crippen LogP contribution in [0.4, 0.5) is 0 Å². The second kappa shape index (κ2) is 10.2. The minimum Gasteiger partial charge on any atom is -0.497 e. The first-order chi connectivity index (χ1) is 19.2. The molecule has 6 aromatic rings. The van der Waals surface area contributed by atoms with Gasteiger partial charge in [-0.1, -0.05) is 60.7 Å². The van der Waals surface area contributed by atoms with Gasteiger partial charge in [0.15, 0.2) is 5.78 Å². The van der Waals surface area contributed by atoms with E-state index in [2.05, 4.69) is 4.98 Å². The zero-order chi connectivity index (χ0) is 26.8. The van der Waals surface area contributed by atoms with Crippen molar-refractivity contribution >= 4 is 17.1 Å². The Morgan fingerprint density at radius 2 is 1.31 bits per heavy atom. The molecule has 39 heavy (non-hydrogen) atoms. The Hall–Kier alpha value is -5.29. The Labute approximate surface area is 226 Å². The molecular formula is C34H24N2O3. The number of hydrogen-bond acceptors (Lipinski definition) is 4. The van der Waals surface area contributed by atoms with Crippen LogP contribution in [0.3, 0.4) is 0 Å². The lowest BCUT2D eigenvalue weighted by Crippen LogP contribution is -2.07. The Morgan fingerprint density at radius 3 is 1.97 bits per heavy atom. The largest absolute Gasteiger partial charge is 0.497 e. The number of rotatable bonds is 7. The van der Waals surface area contributed by atoms with E-state index < -0.39 is 0 Å². The van der Waals surface area contributed by atoms with Crippen molar-refractivity contribution in [3.05, 3.63) is 150 Å². The molecule has 0 radical (unpaired) electrons. The molecule has 0 aliphatic heterocycles. The maximum absolute atomic E-state index is 14.2. The molecule has 0 fully saturated rings. The van der Waals surface area contributed by atoms with Gasteiger partial charge in [-0.15, -0.1) is 0 Å². The van der Waals surface area contributed by atoms with Crippen molar-refractivity contribution in [2.75, 3.05) is 7.11 Å². The van der Waals surface area contributed by atoms with Crippen molar-refractivity contribution in [1.29, 1.82) is 0 Å². The smallest absolute Gasteiger partial charge is 0.210 e. The van der Waals surface area contributed by atoms with Gasteiger partial charge in [-0.05, 0) is 65.2 Å². The highest BCUT2D eigenvalue weighted by Crippen LogP contribution is 2.38. The predicted molar refractivity (Wildman–Crippen MR) is 152 cm³/mol. The Balaban J connectivity index is 1.68. The summed E-state index contributed by atoms with van der Waals surface area (Å²) in [4.78, 5) is 32.5. The molecule has 0 saturated carbocycles. The Bertz CT molecular complexity index is 1790. The summed E-state index contributed by atoms with van der Waals surface area (Å²) in [6.07, 6.45) is 5.35. The normalized spacial score (nSPS) is 10.9. The Morgan fingerprint density at radius 1 is 0.667 bits per heavy atom. The van der Waals surface area contributed by atoms with Crippen LogP contribution in [0, 0.1) is 0 Å². The van der Waals surface area contributed by atoms with Crippen LogP contribution >= 0.6 is 0 Å². The minimum atomic E-state index is -0.185. The molecule has 3 aromatic heterocycles. The number of hydrogen-bond donors (Lipinski definition) is 0. The number of benzene rings is 3. The van der Waals surface area contributed by atoms with Gasteiger partial charge >= 0.3 is 0 Å². The fourth-order valence-electron chi connectivity index (χ4n) is 4.93. The van der Waals surface area contributed by atoms with Crippen LogP contribution in [0.1, 0.15) is 32.0 Å². The molecule has 188 valence electrons. The van der Waals surface area contributed by atoms with Gasteiger partial charge in [0.25, 0.3) is 0 Å². The van der Waals surface area contributed by atoms with Gasteiger partial charge in [0.2, 0.25) is 5.78 Å². The second-order valence-corrected chi connectivity index (χ2v) is 9.12. The highest BCUT2D eigenvalue weighted by Gasteiger charge is 2.29. The zero-order valence-electron chi connectivity index (χ0n) is 21.2. The summed E-state index contributed by atoms with van der Waals surface area (Å²) in [6, 6.07) is 33.6. The van der Waals surface area contributed by atoms with Gasteiger partial charge in [-0.3, -0.25) is 14.6 Å². The summed E-state index contributed by atoms with van der Waals surface area (Å²) in [6.45, 7) is 0. The van der Waals surface area contributed by atoms with Crippen molar-refractivity contribution < 1.29 is 14.3 Å².